The third-order valence-corrected chi connectivity index (χ3v) is 3.68. The first-order valence-corrected chi connectivity index (χ1v) is 6.25. The molecule has 1 atom stereocenters. The predicted octanol–water partition coefficient (Wildman–Crippen LogP) is 0.235. The van der Waals surface area contributed by atoms with Crippen LogP contribution in [0.4, 0.5) is 5.69 Å². The van der Waals surface area contributed by atoms with Crippen molar-refractivity contribution in [3.63, 3.8) is 0 Å². The van der Waals surface area contributed by atoms with E-state index in [1.165, 1.54) is 10.9 Å². The average molecular weight is 252 g/mol. The number of carbonyl (C=O) groups excluding carboxylic acids is 1. The number of aryl methyl sites for hydroxylation is 1. The van der Waals surface area contributed by atoms with Crippen LogP contribution in [0.15, 0.2) is 6.20 Å². The molecule has 1 unspecified atom stereocenters. The van der Waals surface area contributed by atoms with Crippen molar-refractivity contribution < 1.29 is 9.90 Å². The molecule has 1 aromatic rings. The molecule has 0 radical (unpaired) electrons. The lowest BCUT2D eigenvalue weighted by Gasteiger charge is -2.33. The summed E-state index contributed by atoms with van der Waals surface area (Å²) in [5.74, 6) is 0.217. The van der Waals surface area contributed by atoms with Crippen molar-refractivity contribution >= 4 is 11.6 Å². The zero-order chi connectivity index (χ0) is 13.3. The van der Waals surface area contributed by atoms with E-state index in [-0.39, 0.29) is 17.9 Å². The maximum Gasteiger partial charge on any atom is 0.274 e. The third kappa shape index (κ3) is 2.33. The van der Waals surface area contributed by atoms with Gasteiger partial charge in [-0.25, -0.2) is 0 Å². The number of nitrogen functional groups attached to an aromatic ring is 1. The lowest BCUT2D eigenvalue weighted by Crippen LogP contribution is -2.41. The van der Waals surface area contributed by atoms with Gasteiger partial charge in [-0.15, -0.1) is 0 Å². The summed E-state index contributed by atoms with van der Waals surface area (Å²) in [6.07, 6.45) is 2.86. The molecular formula is C12H20N4O2. The zero-order valence-electron chi connectivity index (χ0n) is 10.8. The second kappa shape index (κ2) is 4.97. The van der Waals surface area contributed by atoms with E-state index in [2.05, 4.69) is 5.10 Å². The Labute approximate surface area is 106 Å². The van der Waals surface area contributed by atoms with Crippen molar-refractivity contribution in [2.24, 2.45) is 13.0 Å². The molecule has 100 valence electrons. The maximum absolute atomic E-state index is 12.3. The van der Waals surface area contributed by atoms with Gasteiger partial charge in [-0.2, -0.15) is 5.10 Å². The summed E-state index contributed by atoms with van der Waals surface area (Å²) in [6.45, 7) is 3.14. The van der Waals surface area contributed by atoms with Crippen LogP contribution in [0.5, 0.6) is 0 Å². The van der Waals surface area contributed by atoms with Gasteiger partial charge in [0, 0.05) is 20.1 Å². The van der Waals surface area contributed by atoms with E-state index in [4.69, 9.17) is 5.73 Å². The van der Waals surface area contributed by atoms with E-state index < -0.39 is 0 Å². The first-order chi connectivity index (χ1) is 8.50. The van der Waals surface area contributed by atoms with Crippen molar-refractivity contribution in [3.8, 4) is 0 Å². The van der Waals surface area contributed by atoms with Gasteiger partial charge in [-0.1, -0.05) is 0 Å². The number of amides is 1. The number of anilines is 1. The molecule has 0 aromatic carbocycles. The number of nitrogens with zero attached hydrogens (tertiary/aromatic N) is 3. The summed E-state index contributed by atoms with van der Waals surface area (Å²) in [5, 5.41) is 13.5. The van der Waals surface area contributed by atoms with Gasteiger partial charge in [0.15, 0.2) is 0 Å². The first kappa shape index (κ1) is 12.9. The molecule has 6 nitrogen and oxygen atoms in total. The number of nitrogens with two attached hydrogens (primary N) is 1. The quantitative estimate of drug-likeness (QED) is 0.789. The van der Waals surface area contributed by atoms with Crippen molar-refractivity contribution in [3.05, 3.63) is 11.9 Å². The Kier molecular flexibility index (Phi) is 3.56. The number of piperidine rings is 1. The molecule has 1 saturated heterocycles. The van der Waals surface area contributed by atoms with Crippen molar-refractivity contribution in [2.75, 3.05) is 18.8 Å². The Hall–Kier alpha value is -1.56. The van der Waals surface area contributed by atoms with Crippen LogP contribution >= 0.6 is 0 Å². The minimum Gasteiger partial charge on any atom is -0.396 e. The number of carbonyl (C=O) groups is 1. The standard InChI is InChI=1S/C12H20N4O2/c1-8(17)9-3-5-16(6-4-9)12(18)11-10(13)7-14-15(11)2/h7-9,17H,3-6,13H2,1-2H3. The molecule has 1 amide bonds. The smallest absolute Gasteiger partial charge is 0.274 e. The Morgan fingerprint density at radius 2 is 2.17 bits per heavy atom. The minimum absolute atomic E-state index is 0.0726. The number of aromatic nitrogens is 2. The lowest BCUT2D eigenvalue weighted by atomic mass is 9.92. The summed E-state index contributed by atoms with van der Waals surface area (Å²) in [6, 6.07) is 0. The summed E-state index contributed by atoms with van der Waals surface area (Å²) >= 11 is 0. The van der Waals surface area contributed by atoms with Crippen LogP contribution in [-0.2, 0) is 7.05 Å². The van der Waals surface area contributed by atoms with E-state index in [9.17, 15) is 9.90 Å². The summed E-state index contributed by atoms with van der Waals surface area (Å²) in [4.78, 5) is 14.1. The second-order valence-electron chi connectivity index (χ2n) is 4.94. The molecule has 0 aliphatic carbocycles. The number of hydrogen-bond donors (Lipinski definition) is 2. The van der Waals surface area contributed by atoms with E-state index in [0.29, 0.717) is 24.5 Å². The Morgan fingerprint density at radius 3 is 2.61 bits per heavy atom. The molecule has 2 heterocycles. The topological polar surface area (TPSA) is 84.4 Å². The number of likely N-dealkylation sites (tertiary alicyclic amines) is 1. The van der Waals surface area contributed by atoms with Gasteiger partial charge in [-0.05, 0) is 25.7 Å². The number of hydrogen-bond acceptors (Lipinski definition) is 4. The highest BCUT2D eigenvalue weighted by Crippen LogP contribution is 2.22. The Morgan fingerprint density at radius 1 is 1.56 bits per heavy atom. The molecule has 6 heteroatoms. The van der Waals surface area contributed by atoms with Gasteiger partial charge in [0.05, 0.1) is 18.0 Å². The molecule has 1 aliphatic heterocycles. The molecule has 3 N–H and O–H groups in total. The number of aliphatic hydroxyl groups excluding tert-OH is 1. The second-order valence-corrected chi connectivity index (χ2v) is 4.94. The van der Waals surface area contributed by atoms with Gasteiger partial charge in [0.1, 0.15) is 5.69 Å². The van der Waals surface area contributed by atoms with Crippen LogP contribution in [0.3, 0.4) is 0 Å². The highest BCUT2D eigenvalue weighted by Gasteiger charge is 2.28. The first-order valence-electron chi connectivity index (χ1n) is 6.25. The van der Waals surface area contributed by atoms with Crippen LogP contribution in [0, 0.1) is 5.92 Å². The molecule has 1 aliphatic rings. The SMILES string of the molecule is CC(O)C1CCN(C(=O)c2c(N)cnn2C)CC1. The van der Waals surface area contributed by atoms with Gasteiger partial charge in [-0.3, -0.25) is 9.48 Å². The van der Waals surface area contributed by atoms with Crippen LogP contribution < -0.4 is 5.73 Å². The highest BCUT2D eigenvalue weighted by atomic mass is 16.3. The van der Waals surface area contributed by atoms with E-state index >= 15 is 0 Å². The van der Waals surface area contributed by atoms with Crippen LogP contribution in [-0.4, -0.2) is 44.9 Å². The van der Waals surface area contributed by atoms with Crippen molar-refractivity contribution in [2.45, 2.75) is 25.9 Å². The largest absolute Gasteiger partial charge is 0.396 e. The third-order valence-electron chi connectivity index (χ3n) is 3.68. The molecule has 2 rings (SSSR count). The molecule has 0 spiro atoms. The highest BCUT2D eigenvalue weighted by molar-refractivity contribution is 5.97. The van der Waals surface area contributed by atoms with Crippen LogP contribution in [0.2, 0.25) is 0 Å². The monoisotopic (exact) mass is 252 g/mol. The van der Waals surface area contributed by atoms with E-state index in [1.807, 2.05) is 0 Å². The molecule has 0 bridgehead atoms. The number of aliphatic hydroxyl groups is 1. The molecule has 1 aromatic heterocycles. The molecule has 0 saturated carbocycles. The van der Waals surface area contributed by atoms with Gasteiger partial charge < -0.3 is 15.7 Å². The average Bonchev–Trinajstić information content (AvgIpc) is 2.68. The zero-order valence-corrected chi connectivity index (χ0v) is 10.8. The van der Waals surface area contributed by atoms with Gasteiger partial charge in [0.2, 0.25) is 0 Å². The van der Waals surface area contributed by atoms with Crippen molar-refractivity contribution in [1.29, 1.82) is 0 Å². The van der Waals surface area contributed by atoms with E-state index in [0.717, 1.165) is 12.8 Å². The van der Waals surface area contributed by atoms with Gasteiger partial charge in [0.25, 0.3) is 5.91 Å². The summed E-state index contributed by atoms with van der Waals surface area (Å²) in [5.41, 5.74) is 6.62. The molecule has 1 fully saturated rings. The molecular weight excluding hydrogens is 232 g/mol. The lowest BCUT2D eigenvalue weighted by molar-refractivity contribution is 0.0514. The predicted molar refractivity (Wildman–Crippen MR) is 67.9 cm³/mol. The van der Waals surface area contributed by atoms with E-state index in [1.54, 1.807) is 18.9 Å². The fraction of sp³-hybridized carbons (Fsp3) is 0.667. The number of rotatable bonds is 2. The Bertz CT molecular complexity index is 414. The fourth-order valence-corrected chi connectivity index (χ4v) is 2.45. The molecule has 18 heavy (non-hydrogen) atoms. The van der Waals surface area contributed by atoms with Gasteiger partial charge >= 0.3 is 0 Å². The van der Waals surface area contributed by atoms with Crippen LogP contribution in [0.25, 0.3) is 0 Å². The Balaban J connectivity index is 2.04. The minimum atomic E-state index is -0.302. The van der Waals surface area contributed by atoms with Crippen LogP contribution in [0.1, 0.15) is 30.3 Å². The summed E-state index contributed by atoms with van der Waals surface area (Å²) in [7, 11) is 1.71. The summed E-state index contributed by atoms with van der Waals surface area (Å²) < 4.78 is 1.51. The fourth-order valence-electron chi connectivity index (χ4n) is 2.45. The maximum atomic E-state index is 12.3. The van der Waals surface area contributed by atoms with Crippen molar-refractivity contribution in [1.82, 2.24) is 14.7 Å². The normalized spacial score (nSPS) is 18.9.